The molecule has 210 valence electrons. The summed E-state index contributed by atoms with van der Waals surface area (Å²) < 4.78 is 28.7. The molecule has 5 atom stereocenters. The Bertz CT molecular complexity index is 1070. The van der Waals surface area contributed by atoms with E-state index in [0.29, 0.717) is 17.7 Å². The highest BCUT2D eigenvalue weighted by atomic mass is 16.7. The standard InChI is InChI=1S/C31H38O8/c1-4-35-28(32)20-14-6-5-9-15-22(2)36-31-27(39-30(34)25-18-12-8-13-19-25)21-26(23(3)37-31)38-29(33)24-16-10-7-11-17-24/h7-8,10-14,16-20,22-23,26-27,31H,4-6,9,15,21H2,1-3H3/b20-14+/t22-,23+,26-,27-,31-/m1/s1. The van der Waals surface area contributed by atoms with Crippen LogP contribution >= 0.6 is 0 Å². The lowest BCUT2D eigenvalue weighted by Crippen LogP contribution is -2.51. The molecular weight excluding hydrogens is 500 g/mol. The molecule has 1 aliphatic rings. The minimum atomic E-state index is -0.807. The third-order valence-corrected chi connectivity index (χ3v) is 6.31. The average Bonchev–Trinajstić information content (AvgIpc) is 2.94. The van der Waals surface area contributed by atoms with Gasteiger partial charge in [-0.15, -0.1) is 0 Å². The van der Waals surface area contributed by atoms with Gasteiger partial charge in [-0.2, -0.15) is 0 Å². The van der Waals surface area contributed by atoms with Crippen molar-refractivity contribution in [2.24, 2.45) is 0 Å². The molecule has 0 aliphatic carbocycles. The Hall–Kier alpha value is -3.49. The number of hydrogen-bond acceptors (Lipinski definition) is 8. The predicted molar refractivity (Wildman–Crippen MR) is 145 cm³/mol. The first-order valence-corrected chi connectivity index (χ1v) is 13.5. The lowest BCUT2D eigenvalue weighted by atomic mass is 10.0. The lowest BCUT2D eigenvalue weighted by Gasteiger charge is -2.39. The Morgan fingerprint density at radius 2 is 1.51 bits per heavy atom. The molecule has 1 aliphatic heterocycles. The fraction of sp³-hybridized carbons (Fsp3) is 0.452. The van der Waals surface area contributed by atoms with Gasteiger partial charge in [0.15, 0.2) is 12.4 Å². The number of carbonyl (C=O) groups excluding carboxylic acids is 3. The van der Waals surface area contributed by atoms with E-state index in [1.165, 1.54) is 6.08 Å². The lowest BCUT2D eigenvalue weighted by molar-refractivity contribution is -0.272. The normalized spacial score (nSPS) is 21.7. The Morgan fingerprint density at radius 3 is 2.10 bits per heavy atom. The second kappa shape index (κ2) is 15.8. The molecule has 0 N–H and O–H groups in total. The van der Waals surface area contributed by atoms with E-state index in [0.717, 1.165) is 25.7 Å². The number of unbranched alkanes of at least 4 members (excludes halogenated alkanes) is 2. The van der Waals surface area contributed by atoms with Gasteiger partial charge in [-0.3, -0.25) is 0 Å². The Labute approximate surface area is 230 Å². The molecule has 39 heavy (non-hydrogen) atoms. The van der Waals surface area contributed by atoms with Crippen molar-refractivity contribution in [2.75, 3.05) is 6.61 Å². The van der Waals surface area contributed by atoms with Gasteiger partial charge in [0, 0.05) is 12.5 Å². The molecule has 3 rings (SSSR count). The van der Waals surface area contributed by atoms with E-state index < -0.39 is 36.5 Å². The fourth-order valence-electron chi connectivity index (χ4n) is 4.21. The molecule has 0 unspecified atom stereocenters. The molecule has 8 nitrogen and oxygen atoms in total. The summed E-state index contributed by atoms with van der Waals surface area (Å²) in [4.78, 5) is 36.9. The smallest absolute Gasteiger partial charge is 0.338 e. The van der Waals surface area contributed by atoms with Crippen LogP contribution in [0.4, 0.5) is 0 Å². The molecular formula is C31H38O8. The van der Waals surface area contributed by atoms with Gasteiger partial charge in [0.25, 0.3) is 0 Å². The molecule has 0 saturated carbocycles. The molecule has 1 saturated heterocycles. The number of hydrogen-bond donors (Lipinski definition) is 0. The first-order chi connectivity index (χ1) is 18.9. The van der Waals surface area contributed by atoms with E-state index in [-0.39, 0.29) is 18.5 Å². The molecule has 2 aromatic rings. The highest BCUT2D eigenvalue weighted by Gasteiger charge is 2.41. The summed E-state index contributed by atoms with van der Waals surface area (Å²) in [6, 6.07) is 17.4. The van der Waals surface area contributed by atoms with Gasteiger partial charge in [0.2, 0.25) is 0 Å². The monoisotopic (exact) mass is 538 g/mol. The van der Waals surface area contributed by atoms with Crippen LogP contribution in [0, 0.1) is 0 Å². The van der Waals surface area contributed by atoms with Crippen molar-refractivity contribution in [2.45, 2.75) is 83.6 Å². The molecule has 1 heterocycles. The third-order valence-electron chi connectivity index (χ3n) is 6.31. The van der Waals surface area contributed by atoms with E-state index in [1.54, 1.807) is 55.5 Å². The summed E-state index contributed by atoms with van der Waals surface area (Å²) in [5, 5.41) is 0. The van der Waals surface area contributed by atoms with Crippen molar-refractivity contribution in [3.8, 4) is 0 Å². The van der Waals surface area contributed by atoms with Crippen LogP contribution in [0.5, 0.6) is 0 Å². The van der Waals surface area contributed by atoms with Crippen LogP contribution in [0.25, 0.3) is 0 Å². The summed E-state index contributed by atoms with van der Waals surface area (Å²) in [5.41, 5.74) is 0.850. The SMILES string of the molecule is CCOC(=O)/C=C/CCCC[C@@H](C)O[C@@H]1O[C@@H](C)[C@H](OC(=O)c2ccccc2)C[C@H]1OC(=O)c1ccccc1. The third kappa shape index (κ3) is 9.96. The number of carbonyl (C=O) groups is 3. The van der Waals surface area contributed by atoms with Crippen LogP contribution in [-0.2, 0) is 28.5 Å². The number of allylic oxidation sites excluding steroid dienone is 1. The number of rotatable bonds is 13. The van der Waals surface area contributed by atoms with Gasteiger partial charge in [0.1, 0.15) is 6.10 Å². The van der Waals surface area contributed by atoms with Crippen molar-refractivity contribution >= 4 is 17.9 Å². The number of esters is 3. The molecule has 1 fully saturated rings. The van der Waals surface area contributed by atoms with Crippen LogP contribution in [-0.4, -0.2) is 55.2 Å². The van der Waals surface area contributed by atoms with Gasteiger partial charge in [0.05, 0.1) is 29.9 Å². The molecule has 0 amide bonds. The zero-order chi connectivity index (χ0) is 28.0. The van der Waals surface area contributed by atoms with E-state index in [9.17, 15) is 14.4 Å². The maximum Gasteiger partial charge on any atom is 0.338 e. The molecule has 0 bridgehead atoms. The molecule has 0 radical (unpaired) electrons. The van der Waals surface area contributed by atoms with Gasteiger partial charge in [-0.05, 0) is 64.3 Å². The predicted octanol–water partition coefficient (Wildman–Crippen LogP) is 5.66. The molecule has 8 heteroatoms. The summed E-state index contributed by atoms with van der Waals surface area (Å²) in [7, 11) is 0. The second-order valence-electron chi connectivity index (χ2n) is 9.45. The van der Waals surface area contributed by atoms with Gasteiger partial charge < -0.3 is 23.7 Å². The maximum absolute atomic E-state index is 12.9. The van der Waals surface area contributed by atoms with Crippen LogP contribution in [0.2, 0.25) is 0 Å². The van der Waals surface area contributed by atoms with E-state index in [2.05, 4.69) is 0 Å². The van der Waals surface area contributed by atoms with Crippen LogP contribution < -0.4 is 0 Å². The summed E-state index contributed by atoms with van der Waals surface area (Å²) in [6.45, 7) is 5.89. The Kier molecular flexibility index (Phi) is 12.2. The molecule has 0 aromatic heterocycles. The molecule has 2 aromatic carbocycles. The van der Waals surface area contributed by atoms with Crippen molar-refractivity contribution in [3.05, 3.63) is 83.9 Å². The number of ether oxygens (including phenoxy) is 5. The summed E-state index contributed by atoms with van der Waals surface area (Å²) in [5.74, 6) is -1.29. The van der Waals surface area contributed by atoms with Crippen LogP contribution in [0.15, 0.2) is 72.8 Å². The first-order valence-electron chi connectivity index (χ1n) is 13.5. The first kappa shape index (κ1) is 30.1. The minimum Gasteiger partial charge on any atom is -0.463 e. The number of benzene rings is 2. The minimum absolute atomic E-state index is 0.169. The van der Waals surface area contributed by atoms with Crippen molar-refractivity contribution in [1.82, 2.24) is 0 Å². The zero-order valence-corrected chi connectivity index (χ0v) is 22.8. The van der Waals surface area contributed by atoms with Crippen LogP contribution in [0.1, 0.15) is 73.6 Å². The Balaban J connectivity index is 1.58. The second-order valence-corrected chi connectivity index (χ2v) is 9.45. The van der Waals surface area contributed by atoms with Gasteiger partial charge >= 0.3 is 17.9 Å². The topological polar surface area (TPSA) is 97.4 Å². The van der Waals surface area contributed by atoms with Crippen molar-refractivity contribution < 1.29 is 38.1 Å². The van der Waals surface area contributed by atoms with E-state index >= 15 is 0 Å². The fourth-order valence-corrected chi connectivity index (χ4v) is 4.21. The van der Waals surface area contributed by atoms with Crippen molar-refractivity contribution in [1.29, 1.82) is 0 Å². The molecule has 0 spiro atoms. The average molecular weight is 539 g/mol. The van der Waals surface area contributed by atoms with E-state index in [4.69, 9.17) is 23.7 Å². The maximum atomic E-state index is 12.9. The highest BCUT2D eigenvalue weighted by Crippen LogP contribution is 2.29. The summed E-state index contributed by atoms with van der Waals surface area (Å²) >= 11 is 0. The van der Waals surface area contributed by atoms with Crippen LogP contribution in [0.3, 0.4) is 0 Å². The van der Waals surface area contributed by atoms with E-state index in [1.807, 2.05) is 32.1 Å². The van der Waals surface area contributed by atoms with Gasteiger partial charge in [-0.25, -0.2) is 14.4 Å². The quantitative estimate of drug-likeness (QED) is 0.140. The highest BCUT2D eigenvalue weighted by molar-refractivity contribution is 5.90. The zero-order valence-electron chi connectivity index (χ0n) is 22.8. The van der Waals surface area contributed by atoms with Gasteiger partial charge in [-0.1, -0.05) is 48.9 Å². The largest absolute Gasteiger partial charge is 0.463 e. The summed E-state index contributed by atoms with van der Waals surface area (Å²) in [6.07, 6.45) is 3.96. The van der Waals surface area contributed by atoms with Crippen molar-refractivity contribution in [3.63, 3.8) is 0 Å². The Morgan fingerprint density at radius 1 is 0.923 bits per heavy atom.